The lowest BCUT2D eigenvalue weighted by atomic mass is 10.4. The molecule has 2 radical (unpaired) electrons. The number of hydrogen-bond donors (Lipinski definition) is 1. The lowest BCUT2D eigenvalue weighted by Gasteiger charge is -2.16. The molecular weight excluding hydrogens is 132 g/mol. The first-order valence-corrected chi connectivity index (χ1v) is 2.91. The third kappa shape index (κ3) is 0.823. The molecule has 0 amide bonds. The molecule has 2 aliphatic rings. The fraction of sp³-hybridized carbons (Fsp3) is 0.167. The van der Waals surface area contributed by atoms with Crippen molar-refractivity contribution in [2.24, 2.45) is 0 Å². The first-order valence-electron chi connectivity index (χ1n) is 2.91. The van der Waals surface area contributed by atoms with Gasteiger partial charge in [-0.2, -0.15) is 0 Å². The molecule has 1 unspecified atom stereocenters. The van der Waals surface area contributed by atoms with E-state index in [-0.39, 0.29) is 6.17 Å². The Hall–Kier alpha value is -1.16. The summed E-state index contributed by atoms with van der Waals surface area (Å²) < 4.78 is 4.74. The van der Waals surface area contributed by atoms with Crippen LogP contribution in [0.5, 0.6) is 0 Å². The zero-order chi connectivity index (χ0) is 6.81. The summed E-state index contributed by atoms with van der Waals surface area (Å²) in [6.07, 6.45) is 6.76. The number of hydrogen-bond acceptors (Lipinski definition) is 4. The number of nitrogens with zero attached hydrogens (tertiary/aromatic N) is 1. The molecule has 0 aromatic rings. The third-order valence-electron chi connectivity index (χ3n) is 1.26. The topological polar surface area (TPSA) is 33.7 Å². The zero-order valence-corrected chi connectivity index (χ0v) is 5.15. The molecule has 2 rings (SSSR count). The quantitative estimate of drug-likeness (QED) is 0.559. The first kappa shape index (κ1) is 5.61. The molecule has 10 heavy (non-hydrogen) atoms. The maximum absolute atomic E-state index is 4.77. The van der Waals surface area contributed by atoms with E-state index in [9.17, 15) is 0 Å². The Morgan fingerprint density at radius 2 is 2.50 bits per heavy atom. The van der Waals surface area contributed by atoms with Gasteiger partial charge in [-0.05, 0) is 6.08 Å². The fourth-order valence-electron chi connectivity index (χ4n) is 0.779. The number of ether oxygens (including phenoxy) is 1. The highest BCUT2D eigenvalue weighted by Crippen LogP contribution is 2.12. The molecule has 0 fully saturated rings. The predicted octanol–water partition coefficient (Wildman–Crippen LogP) is 0.161. The maximum Gasteiger partial charge on any atom is 0.316 e. The molecule has 0 aliphatic carbocycles. The van der Waals surface area contributed by atoms with Gasteiger partial charge in [-0.25, -0.2) is 0 Å². The minimum atomic E-state index is 0.0127. The van der Waals surface area contributed by atoms with Gasteiger partial charge in [0.05, 0.1) is 0 Å². The van der Waals surface area contributed by atoms with Crippen molar-refractivity contribution in [3.05, 3.63) is 31.5 Å². The maximum atomic E-state index is 4.77. The van der Waals surface area contributed by atoms with Gasteiger partial charge < -0.3 is 14.5 Å². The second kappa shape index (κ2) is 2.22. The zero-order valence-electron chi connectivity index (χ0n) is 5.15. The van der Waals surface area contributed by atoms with Gasteiger partial charge >= 0.3 is 6.73 Å². The van der Waals surface area contributed by atoms with Crippen LogP contribution in [-0.2, 0) is 9.57 Å². The van der Waals surface area contributed by atoms with Crippen molar-refractivity contribution in [1.29, 1.82) is 0 Å². The Morgan fingerprint density at radius 3 is 3.10 bits per heavy atom. The predicted molar refractivity (Wildman–Crippen MR) is 32.5 cm³/mol. The van der Waals surface area contributed by atoms with Crippen molar-refractivity contribution < 1.29 is 9.57 Å². The molecule has 2 heterocycles. The highest BCUT2D eigenvalue weighted by atomic mass is 16.6. The second-order valence-corrected chi connectivity index (χ2v) is 1.91. The number of hydroxylamine groups is 1. The molecule has 52 valence electrons. The minimum Gasteiger partial charge on any atom is -0.462 e. The normalized spacial score (nSPS) is 28.8. The standard InChI is InChI=1S/C6H6N2O2/c1-3-10-7-6(1)8-2-4-9-5-8/h1-4,6-7H. The Bertz CT molecular complexity index is 159. The summed E-state index contributed by atoms with van der Waals surface area (Å²) in [5, 5.41) is 0. The van der Waals surface area contributed by atoms with E-state index in [1.165, 1.54) is 0 Å². The molecule has 4 nitrogen and oxygen atoms in total. The van der Waals surface area contributed by atoms with E-state index in [4.69, 9.17) is 9.57 Å². The first-order chi connectivity index (χ1) is 4.97. The molecule has 1 N–H and O–H groups in total. The van der Waals surface area contributed by atoms with Gasteiger partial charge in [0.2, 0.25) is 0 Å². The Kier molecular flexibility index (Phi) is 1.25. The molecule has 0 saturated heterocycles. The van der Waals surface area contributed by atoms with E-state index in [2.05, 4.69) is 12.2 Å². The fourth-order valence-corrected chi connectivity index (χ4v) is 0.779. The minimum absolute atomic E-state index is 0.0127. The van der Waals surface area contributed by atoms with Crippen molar-refractivity contribution in [2.45, 2.75) is 6.17 Å². The van der Waals surface area contributed by atoms with Gasteiger partial charge in [0.15, 0.2) is 0 Å². The SMILES string of the molecule is [C]1OC=CN1C1C=CON1. The van der Waals surface area contributed by atoms with Crippen LogP contribution in [0.1, 0.15) is 0 Å². The van der Waals surface area contributed by atoms with Gasteiger partial charge in [-0.1, -0.05) is 0 Å². The molecule has 2 aliphatic heterocycles. The van der Waals surface area contributed by atoms with Gasteiger partial charge in [-0.3, -0.25) is 0 Å². The van der Waals surface area contributed by atoms with Crippen LogP contribution in [-0.4, -0.2) is 11.1 Å². The van der Waals surface area contributed by atoms with Crippen molar-refractivity contribution in [2.75, 3.05) is 0 Å². The monoisotopic (exact) mass is 138 g/mol. The van der Waals surface area contributed by atoms with Crippen LogP contribution in [0.4, 0.5) is 0 Å². The van der Waals surface area contributed by atoms with E-state index in [0.29, 0.717) is 0 Å². The van der Waals surface area contributed by atoms with Gasteiger partial charge in [-0.15, -0.1) is 5.48 Å². The van der Waals surface area contributed by atoms with Crippen LogP contribution in [0.3, 0.4) is 0 Å². The highest BCUT2D eigenvalue weighted by Gasteiger charge is 2.20. The molecule has 0 aromatic carbocycles. The summed E-state index contributed by atoms with van der Waals surface area (Å²) in [5.74, 6) is 0. The van der Waals surface area contributed by atoms with Crippen molar-refractivity contribution in [1.82, 2.24) is 10.4 Å². The lowest BCUT2D eigenvalue weighted by Crippen LogP contribution is -2.34. The van der Waals surface area contributed by atoms with Gasteiger partial charge in [0.1, 0.15) is 18.7 Å². The Labute approximate surface area is 58.7 Å². The number of rotatable bonds is 1. The Morgan fingerprint density at radius 1 is 1.50 bits per heavy atom. The van der Waals surface area contributed by atoms with E-state index < -0.39 is 0 Å². The molecule has 0 saturated carbocycles. The molecule has 0 spiro atoms. The molecular formula is C6H6N2O2. The highest BCUT2D eigenvalue weighted by molar-refractivity contribution is 4.99. The van der Waals surface area contributed by atoms with E-state index in [0.717, 1.165) is 0 Å². The van der Waals surface area contributed by atoms with Gasteiger partial charge in [0.25, 0.3) is 0 Å². The Balaban J connectivity index is 1.98. The van der Waals surface area contributed by atoms with Crippen molar-refractivity contribution in [3.8, 4) is 0 Å². The van der Waals surface area contributed by atoms with Crippen LogP contribution in [0.2, 0.25) is 0 Å². The third-order valence-corrected chi connectivity index (χ3v) is 1.26. The largest absolute Gasteiger partial charge is 0.462 e. The number of nitrogens with one attached hydrogen (secondary N) is 1. The molecule has 0 bridgehead atoms. The van der Waals surface area contributed by atoms with Crippen LogP contribution in [0.25, 0.3) is 0 Å². The van der Waals surface area contributed by atoms with Gasteiger partial charge in [0, 0.05) is 6.20 Å². The summed E-state index contributed by atoms with van der Waals surface area (Å²) in [4.78, 5) is 6.49. The van der Waals surface area contributed by atoms with Crippen molar-refractivity contribution >= 4 is 0 Å². The summed E-state index contributed by atoms with van der Waals surface area (Å²) in [6.45, 7) is 2.63. The average Bonchev–Trinajstić information content (AvgIpc) is 2.59. The second-order valence-electron chi connectivity index (χ2n) is 1.91. The molecule has 4 heteroatoms. The molecule has 1 atom stereocenters. The summed E-state index contributed by atoms with van der Waals surface area (Å²) in [6, 6.07) is 0. The van der Waals surface area contributed by atoms with Crippen molar-refractivity contribution in [3.63, 3.8) is 0 Å². The van der Waals surface area contributed by atoms with Crippen LogP contribution in [0, 0.1) is 6.73 Å². The smallest absolute Gasteiger partial charge is 0.316 e. The summed E-state index contributed by atoms with van der Waals surface area (Å²) >= 11 is 0. The van der Waals surface area contributed by atoms with E-state index in [1.807, 2.05) is 6.08 Å². The average molecular weight is 138 g/mol. The van der Waals surface area contributed by atoms with Crippen LogP contribution < -0.4 is 5.48 Å². The summed E-state index contributed by atoms with van der Waals surface area (Å²) in [5.41, 5.74) is 2.72. The van der Waals surface area contributed by atoms with E-state index in [1.54, 1.807) is 23.6 Å². The molecule has 0 aromatic heterocycles. The summed E-state index contributed by atoms with van der Waals surface area (Å²) in [7, 11) is 0. The van der Waals surface area contributed by atoms with E-state index >= 15 is 0 Å². The van der Waals surface area contributed by atoms with Crippen LogP contribution in [0.15, 0.2) is 24.8 Å². The lowest BCUT2D eigenvalue weighted by molar-refractivity contribution is 0.0883. The van der Waals surface area contributed by atoms with Crippen LogP contribution >= 0.6 is 0 Å².